The maximum atomic E-state index is 13.7. The number of rotatable bonds is 9. The fourth-order valence-electron chi connectivity index (χ4n) is 4.51. The molecule has 3 rings (SSSR count). The lowest BCUT2D eigenvalue weighted by atomic mass is 9.96. The summed E-state index contributed by atoms with van der Waals surface area (Å²) in [4.78, 5) is 29.4. The monoisotopic (exact) mass is 462 g/mol. The lowest BCUT2D eigenvalue weighted by Crippen LogP contribution is -2.50. The molecule has 184 valence electrons. The van der Waals surface area contributed by atoms with E-state index < -0.39 is 0 Å². The molecule has 33 heavy (non-hydrogen) atoms. The highest BCUT2D eigenvalue weighted by atomic mass is 19.1. The van der Waals surface area contributed by atoms with Crippen molar-refractivity contribution in [2.75, 3.05) is 52.4 Å². The van der Waals surface area contributed by atoms with E-state index >= 15 is 0 Å². The molecule has 0 aliphatic carbocycles. The van der Waals surface area contributed by atoms with Gasteiger partial charge in [0.05, 0.1) is 19.3 Å². The van der Waals surface area contributed by atoms with Gasteiger partial charge in [-0.2, -0.15) is 0 Å². The Kier molecular flexibility index (Phi) is 9.64. The van der Waals surface area contributed by atoms with Gasteiger partial charge in [-0.25, -0.2) is 4.39 Å². The first-order chi connectivity index (χ1) is 15.8. The standard InChI is InChI=1S/C25H39FN4O3/c1-18(2)15-30-10-11-33-22(16-30)14-27-24(31)17-29-8-6-21(7-9-29)25(32)28-13-20-5-4-19(3)23(26)12-20/h4-5,12,18,21-22H,6-11,13-17H2,1-3H3,(H,27,31)(H,28,32). The molecular weight excluding hydrogens is 423 g/mol. The van der Waals surface area contributed by atoms with Crippen LogP contribution in [0.2, 0.25) is 0 Å². The Morgan fingerprint density at radius 3 is 2.61 bits per heavy atom. The summed E-state index contributed by atoms with van der Waals surface area (Å²) in [6.45, 7) is 12.4. The average molecular weight is 463 g/mol. The minimum absolute atomic E-state index is 0.000448. The molecule has 1 atom stereocenters. The quantitative estimate of drug-likeness (QED) is 0.587. The van der Waals surface area contributed by atoms with Gasteiger partial charge in [-0.3, -0.25) is 19.4 Å². The summed E-state index contributed by atoms with van der Waals surface area (Å²) >= 11 is 0. The molecule has 0 spiro atoms. The highest BCUT2D eigenvalue weighted by Gasteiger charge is 2.26. The number of halogens is 1. The molecule has 2 fully saturated rings. The SMILES string of the molecule is Cc1ccc(CNC(=O)C2CCN(CC(=O)NCC3CN(CC(C)C)CCO3)CC2)cc1F. The molecule has 2 aliphatic rings. The lowest BCUT2D eigenvalue weighted by Gasteiger charge is -2.34. The number of amides is 2. The van der Waals surface area contributed by atoms with Crippen molar-refractivity contribution in [1.29, 1.82) is 0 Å². The maximum absolute atomic E-state index is 13.7. The highest BCUT2D eigenvalue weighted by molar-refractivity contribution is 5.79. The molecule has 2 saturated heterocycles. The van der Waals surface area contributed by atoms with E-state index in [4.69, 9.17) is 4.74 Å². The molecule has 8 heteroatoms. The summed E-state index contributed by atoms with van der Waals surface area (Å²) in [5.74, 6) is 0.303. The Balaban J connectivity index is 1.32. The summed E-state index contributed by atoms with van der Waals surface area (Å²) in [6.07, 6.45) is 1.48. The normalized spacial score (nSPS) is 20.7. The van der Waals surface area contributed by atoms with Crippen LogP contribution in [-0.2, 0) is 20.9 Å². The number of nitrogens with one attached hydrogen (secondary N) is 2. The molecular formula is C25H39FN4O3. The number of carbonyl (C=O) groups is 2. The van der Waals surface area contributed by atoms with Crippen LogP contribution in [0.4, 0.5) is 4.39 Å². The van der Waals surface area contributed by atoms with Crippen molar-refractivity contribution in [1.82, 2.24) is 20.4 Å². The van der Waals surface area contributed by atoms with Crippen LogP contribution in [0.25, 0.3) is 0 Å². The van der Waals surface area contributed by atoms with Crippen molar-refractivity contribution in [2.45, 2.75) is 46.3 Å². The minimum atomic E-state index is -0.253. The smallest absolute Gasteiger partial charge is 0.234 e. The third-order valence-corrected chi connectivity index (χ3v) is 6.40. The first kappa shape index (κ1) is 25.6. The van der Waals surface area contributed by atoms with Crippen LogP contribution in [0.1, 0.15) is 37.8 Å². The third-order valence-electron chi connectivity index (χ3n) is 6.40. The van der Waals surface area contributed by atoms with Crippen molar-refractivity contribution in [3.63, 3.8) is 0 Å². The van der Waals surface area contributed by atoms with E-state index in [1.54, 1.807) is 13.0 Å². The number of benzene rings is 1. The Hall–Kier alpha value is -2.03. The molecule has 2 N–H and O–H groups in total. The topological polar surface area (TPSA) is 73.9 Å². The zero-order valence-electron chi connectivity index (χ0n) is 20.2. The molecule has 0 aromatic heterocycles. The van der Waals surface area contributed by atoms with Gasteiger partial charge >= 0.3 is 0 Å². The van der Waals surface area contributed by atoms with Gasteiger partial charge < -0.3 is 15.4 Å². The molecule has 2 heterocycles. The molecule has 2 amide bonds. The van der Waals surface area contributed by atoms with Crippen LogP contribution in [0.3, 0.4) is 0 Å². The summed E-state index contributed by atoms with van der Waals surface area (Å²) in [5, 5.41) is 5.93. The van der Waals surface area contributed by atoms with Gasteiger partial charge in [0.2, 0.25) is 11.8 Å². The Bertz CT molecular complexity index is 796. The van der Waals surface area contributed by atoms with Crippen LogP contribution in [-0.4, -0.2) is 80.1 Å². The number of hydrogen-bond acceptors (Lipinski definition) is 5. The van der Waals surface area contributed by atoms with Crippen molar-refractivity contribution < 1.29 is 18.7 Å². The van der Waals surface area contributed by atoms with Crippen molar-refractivity contribution in [3.8, 4) is 0 Å². The van der Waals surface area contributed by atoms with E-state index in [9.17, 15) is 14.0 Å². The Labute approximate surface area is 197 Å². The maximum Gasteiger partial charge on any atom is 0.234 e. The second-order valence-corrected chi connectivity index (χ2v) is 9.80. The molecule has 0 bridgehead atoms. The first-order valence-electron chi connectivity index (χ1n) is 12.2. The van der Waals surface area contributed by atoms with Gasteiger partial charge in [-0.15, -0.1) is 0 Å². The fourth-order valence-corrected chi connectivity index (χ4v) is 4.51. The Morgan fingerprint density at radius 1 is 1.15 bits per heavy atom. The number of hydrogen-bond donors (Lipinski definition) is 2. The van der Waals surface area contributed by atoms with E-state index in [2.05, 4.69) is 34.3 Å². The number of morpholine rings is 1. The van der Waals surface area contributed by atoms with Crippen LogP contribution in [0.15, 0.2) is 18.2 Å². The highest BCUT2D eigenvalue weighted by Crippen LogP contribution is 2.18. The third kappa shape index (κ3) is 8.36. The molecule has 0 radical (unpaired) electrons. The summed E-state index contributed by atoms with van der Waals surface area (Å²) in [7, 11) is 0. The molecule has 1 aromatic rings. The van der Waals surface area contributed by atoms with E-state index in [0.29, 0.717) is 50.8 Å². The number of piperidine rings is 1. The molecule has 0 saturated carbocycles. The number of nitrogens with zero attached hydrogens (tertiary/aromatic N) is 2. The zero-order chi connectivity index (χ0) is 23.8. The molecule has 7 nitrogen and oxygen atoms in total. The number of ether oxygens (including phenoxy) is 1. The van der Waals surface area contributed by atoms with Gasteiger partial charge in [-0.05, 0) is 56.0 Å². The van der Waals surface area contributed by atoms with E-state index in [0.717, 1.165) is 38.0 Å². The van der Waals surface area contributed by atoms with Gasteiger partial charge in [0.25, 0.3) is 0 Å². The fraction of sp³-hybridized carbons (Fsp3) is 0.680. The van der Waals surface area contributed by atoms with Gasteiger partial charge in [0.1, 0.15) is 5.82 Å². The summed E-state index contributed by atoms with van der Waals surface area (Å²) < 4.78 is 19.5. The average Bonchev–Trinajstić information content (AvgIpc) is 2.78. The largest absolute Gasteiger partial charge is 0.374 e. The van der Waals surface area contributed by atoms with Crippen LogP contribution < -0.4 is 10.6 Å². The number of aryl methyl sites for hydroxylation is 1. The van der Waals surface area contributed by atoms with Crippen LogP contribution in [0.5, 0.6) is 0 Å². The lowest BCUT2D eigenvalue weighted by molar-refractivity contribution is -0.127. The molecule has 2 aliphatic heterocycles. The summed E-state index contributed by atoms with van der Waals surface area (Å²) in [5.41, 5.74) is 1.36. The second-order valence-electron chi connectivity index (χ2n) is 9.80. The van der Waals surface area contributed by atoms with Gasteiger partial charge in [-0.1, -0.05) is 26.0 Å². The second kappa shape index (κ2) is 12.4. The predicted octanol–water partition coefficient (Wildman–Crippen LogP) is 1.94. The Morgan fingerprint density at radius 2 is 1.91 bits per heavy atom. The number of carbonyl (C=O) groups excluding carboxylic acids is 2. The van der Waals surface area contributed by atoms with Gasteiger partial charge in [0.15, 0.2) is 0 Å². The number of likely N-dealkylation sites (tertiary alicyclic amines) is 1. The molecule has 1 unspecified atom stereocenters. The summed E-state index contributed by atoms with van der Waals surface area (Å²) in [6, 6.07) is 5.03. The zero-order valence-corrected chi connectivity index (χ0v) is 20.2. The van der Waals surface area contributed by atoms with Crippen molar-refractivity contribution in [2.24, 2.45) is 11.8 Å². The minimum Gasteiger partial charge on any atom is -0.374 e. The van der Waals surface area contributed by atoms with Crippen LogP contribution in [0, 0.1) is 24.6 Å². The molecule has 1 aromatic carbocycles. The van der Waals surface area contributed by atoms with Gasteiger partial charge in [0, 0.05) is 38.6 Å². The first-order valence-corrected chi connectivity index (χ1v) is 12.2. The van der Waals surface area contributed by atoms with E-state index in [1.807, 2.05) is 6.07 Å². The van der Waals surface area contributed by atoms with Crippen molar-refractivity contribution >= 4 is 11.8 Å². The van der Waals surface area contributed by atoms with E-state index in [-0.39, 0.29) is 29.7 Å². The van der Waals surface area contributed by atoms with Crippen molar-refractivity contribution in [3.05, 3.63) is 35.1 Å². The van der Waals surface area contributed by atoms with E-state index in [1.165, 1.54) is 6.07 Å². The predicted molar refractivity (Wildman–Crippen MR) is 126 cm³/mol. The van der Waals surface area contributed by atoms with Crippen LogP contribution >= 0.6 is 0 Å².